The largest absolute Gasteiger partial charge is 0.443 e. The smallest absolute Gasteiger partial charge is 0.415 e. The third-order valence-electron chi connectivity index (χ3n) is 5.09. The van der Waals surface area contributed by atoms with Crippen molar-refractivity contribution in [3.05, 3.63) is 58.0 Å². The summed E-state index contributed by atoms with van der Waals surface area (Å²) >= 11 is 0. The lowest BCUT2D eigenvalue weighted by Crippen LogP contribution is -2.36. The minimum absolute atomic E-state index is 0.176. The Morgan fingerprint density at radius 3 is 2.93 bits per heavy atom. The summed E-state index contributed by atoms with van der Waals surface area (Å²) in [6.07, 6.45) is 2.99. The number of hydrogen-bond acceptors (Lipinski definition) is 6. The van der Waals surface area contributed by atoms with Crippen LogP contribution < -0.4 is 16.2 Å². The zero-order valence-electron chi connectivity index (χ0n) is 16.0. The van der Waals surface area contributed by atoms with Crippen LogP contribution in [0.1, 0.15) is 5.56 Å². The van der Waals surface area contributed by atoms with Crippen LogP contribution in [0.5, 0.6) is 0 Å². The van der Waals surface area contributed by atoms with E-state index in [0.29, 0.717) is 49.5 Å². The zero-order chi connectivity index (χ0) is 20.4. The van der Waals surface area contributed by atoms with Gasteiger partial charge < -0.3 is 19.9 Å². The van der Waals surface area contributed by atoms with Crippen molar-refractivity contribution in [2.24, 2.45) is 12.0 Å². The van der Waals surface area contributed by atoms with Crippen molar-refractivity contribution < 1.29 is 13.9 Å². The number of nitrogens with zero attached hydrogens (tertiary/aromatic N) is 3. The Morgan fingerprint density at radius 2 is 2.14 bits per heavy atom. The van der Waals surface area contributed by atoms with Crippen LogP contribution in [-0.2, 0) is 18.2 Å². The molecule has 0 saturated carbocycles. The Bertz CT molecular complexity index is 1060. The van der Waals surface area contributed by atoms with Crippen LogP contribution in [0.15, 0.2) is 46.1 Å². The molecule has 1 aromatic carbocycles. The summed E-state index contributed by atoms with van der Waals surface area (Å²) in [5.74, 6) is 0.286. The minimum Gasteiger partial charge on any atom is -0.443 e. The number of benzene rings is 1. The Morgan fingerprint density at radius 1 is 1.31 bits per heavy atom. The highest BCUT2D eigenvalue weighted by molar-refractivity contribution is 5.82. The number of fused-ring (bicyclic) bond motifs is 1. The fraction of sp³-hybridized carbons (Fsp3) is 0.350. The topological polar surface area (TPSA) is 88.0 Å². The molecule has 2 N–H and O–H groups in total. The molecule has 0 bridgehead atoms. The number of carbonyl (C=O) groups is 1. The summed E-state index contributed by atoms with van der Waals surface area (Å²) in [4.78, 5) is 29.6. The highest BCUT2D eigenvalue weighted by Crippen LogP contribution is 2.21. The third kappa shape index (κ3) is 3.86. The SMILES string of the molecule is Cn1c(=O)ccc2ccc(F)c(CCNC[C@@H]3CN(C4=CN=CCN4)C(=O)O3)c21. The van der Waals surface area contributed by atoms with Crippen molar-refractivity contribution in [3.63, 3.8) is 0 Å². The van der Waals surface area contributed by atoms with Crippen molar-refractivity contribution >= 4 is 23.2 Å². The molecule has 1 atom stereocenters. The number of hydrogen-bond donors (Lipinski definition) is 2. The first-order valence-electron chi connectivity index (χ1n) is 9.46. The summed E-state index contributed by atoms with van der Waals surface area (Å²) in [6.45, 7) is 1.91. The third-order valence-corrected chi connectivity index (χ3v) is 5.09. The van der Waals surface area contributed by atoms with Gasteiger partial charge in [0.25, 0.3) is 5.56 Å². The van der Waals surface area contributed by atoms with E-state index in [1.54, 1.807) is 31.6 Å². The van der Waals surface area contributed by atoms with Gasteiger partial charge in [0.15, 0.2) is 0 Å². The number of pyridine rings is 1. The van der Waals surface area contributed by atoms with Crippen LogP contribution in [0.2, 0.25) is 0 Å². The van der Waals surface area contributed by atoms with Crippen LogP contribution in [-0.4, -0.2) is 54.1 Å². The standard InChI is InChI=1S/C20H22FN5O3/c1-25-18(27)5-3-13-2-4-16(21)15(19(13)25)6-7-22-10-14-12-26(20(28)29-14)17-11-23-8-9-24-17/h2-5,8,11,14,22,24H,6-7,9-10,12H2,1H3/t14-/m1/s1. The number of rotatable bonds is 6. The molecule has 152 valence electrons. The van der Waals surface area contributed by atoms with Gasteiger partial charge in [0.05, 0.1) is 24.8 Å². The Kier molecular flexibility index (Phi) is 5.30. The summed E-state index contributed by atoms with van der Waals surface area (Å²) < 4.78 is 21.3. The molecule has 2 aliphatic heterocycles. The number of nitrogens with one attached hydrogen (secondary N) is 2. The van der Waals surface area contributed by atoms with Crippen molar-refractivity contribution in [3.8, 4) is 0 Å². The van der Waals surface area contributed by atoms with Crippen LogP contribution >= 0.6 is 0 Å². The quantitative estimate of drug-likeness (QED) is 0.711. The summed E-state index contributed by atoms with van der Waals surface area (Å²) in [5.41, 5.74) is 0.925. The van der Waals surface area contributed by atoms with Gasteiger partial charge in [-0.25, -0.2) is 9.18 Å². The second-order valence-corrected chi connectivity index (χ2v) is 6.99. The maximum Gasteiger partial charge on any atom is 0.415 e. The van der Waals surface area contributed by atoms with Gasteiger partial charge in [-0.05, 0) is 36.6 Å². The molecule has 3 heterocycles. The van der Waals surface area contributed by atoms with Crippen molar-refractivity contribution in [1.29, 1.82) is 0 Å². The van der Waals surface area contributed by atoms with Crippen LogP contribution in [0.4, 0.5) is 9.18 Å². The van der Waals surface area contributed by atoms with Crippen LogP contribution in [0.25, 0.3) is 10.9 Å². The average molecular weight is 399 g/mol. The molecule has 2 aliphatic rings. The molecule has 9 heteroatoms. The molecule has 0 spiro atoms. The molecule has 8 nitrogen and oxygen atoms in total. The molecule has 1 saturated heterocycles. The van der Waals surface area contributed by atoms with Crippen LogP contribution in [0, 0.1) is 5.82 Å². The fourth-order valence-electron chi connectivity index (χ4n) is 3.62. The van der Waals surface area contributed by atoms with E-state index in [9.17, 15) is 14.0 Å². The van der Waals surface area contributed by atoms with Gasteiger partial charge in [0, 0.05) is 31.4 Å². The number of aryl methyl sites for hydroxylation is 1. The van der Waals surface area contributed by atoms with Crippen LogP contribution in [0.3, 0.4) is 0 Å². The van der Waals surface area contributed by atoms with E-state index < -0.39 is 6.09 Å². The van der Waals surface area contributed by atoms with Gasteiger partial charge in [-0.15, -0.1) is 0 Å². The molecule has 4 rings (SSSR count). The number of halogens is 1. The first-order chi connectivity index (χ1) is 14.0. The van der Waals surface area contributed by atoms with Crippen molar-refractivity contribution in [2.75, 3.05) is 26.2 Å². The Hall–Kier alpha value is -3.20. The molecule has 1 fully saturated rings. The van der Waals surface area contributed by atoms with Gasteiger partial charge in [0.2, 0.25) is 0 Å². The first-order valence-corrected chi connectivity index (χ1v) is 9.46. The molecule has 2 aromatic rings. The van der Waals surface area contributed by atoms with E-state index in [4.69, 9.17) is 4.74 Å². The zero-order valence-corrected chi connectivity index (χ0v) is 16.0. The second-order valence-electron chi connectivity index (χ2n) is 6.99. The number of aromatic nitrogens is 1. The van der Waals surface area contributed by atoms with Gasteiger partial charge >= 0.3 is 6.09 Å². The van der Waals surface area contributed by atoms with E-state index in [1.165, 1.54) is 21.6 Å². The van der Waals surface area contributed by atoms with Gasteiger partial charge in [0.1, 0.15) is 17.7 Å². The van der Waals surface area contributed by atoms with Gasteiger partial charge in [-0.1, -0.05) is 0 Å². The lowest BCUT2D eigenvalue weighted by atomic mass is 10.1. The molecule has 0 radical (unpaired) electrons. The fourth-order valence-corrected chi connectivity index (χ4v) is 3.62. The highest BCUT2D eigenvalue weighted by atomic mass is 19.1. The molecular formula is C20H22FN5O3. The number of carbonyl (C=O) groups excluding carboxylic acids is 1. The monoisotopic (exact) mass is 399 g/mol. The number of ether oxygens (including phenoxy) is 1. The molecule has 29 heavy (non-hydrogen) atoms. The number of amides is 1. The predicted molar refractivity (Wildman–Crippen MR) is 107 cm³/mol. The van der Waals surface area contributed by atoms with Crippen molar-refractivity contribution in [1.82, 2.24) is 20.1 Å². The molecule has 1 aromatic heterocycles. The van der Waals surface area contributed by atoms with Gasteiger partial charge in [-0.3, -0.25) is 14.7 Å². The predicted octanol–water partition coefficient (Wildman–Crippen LogP) is 1.10. The molecule has 0 aliphatic carbocycles. The average Bonchev–Trinajstić information content (AvgIpc) is 3.10. The Labute approximate surface area is 166 Å². The molecular weight excluding hydrogens is 377 g/mol. The summed E-state index contributed by atoms with van der Waals surface area (Å²) in [6, 6.07) is 6.28. The molecule has 1 amide bonds. The maximum atomic E-state index is 14.4. The summed E-state index contributed by atoms with van der Waals surface area (Å²) in [5, 5.41) is 7.12. The lowest BCUT2D eigenvalue weighted by molar-refractivity contribution is 0.133. The second kappa shape index (κ2) is 8.04. The summed E-state index contributed by atoms with van der Waals surface area (Å²) in [7, 11) is 1.64. The molecule has 0 unspecified atom stereocenters. The van der Waals surface area contributed by atoms with E-state index in [0.717, 1.165) is 5.39 Å². The van der Waals surface area contributed by atoms with E-state index in [-0.39, 0.29) is 17.5 Å². The first kappa shape index (κ1) is 19.1. The van der Waals surface area contributed by atoms with E-state index in [1.807, 2.05) is 0 Å². The van der Waals surface area contributed by atoms with E-state index in [2.05, 4.69) is 15.6 Å². The maximum absolute atomic E-state index is 14.4. The lowest BCUT2D eigenvalue weighted by Gasteiger charge is -2.19. The van der Waals surface area contributed by atoms with Crippen molar-refractivity contribution in [2.45, 2.75) is 12.5 Å². The minimum atomic E-state index is -0.414. The number of cyclic esters (lactones) is 1. The Balaban J connectivity index is 1.37. The number of aliphatic imine (C=N–C) groups is 1. The highest BCUT2D eigenvalue weighted by Gasteiger charge is 2.33. The van der Waals surface area contributed by atoms with Gasteiger partial charge in [-0.2, -0.15) is 0 Å². The normalized spacial score (nSPS) is 18.7. The van der Waals surface area contributed by atoms with E-state index >= 15 is 0 Å².